The largest absolute Gasteiger partial charge is 0.452 e. The fourth-order valence-electron chi connectivity index (χ4n) is 2.29. The van der Waals surface area contributed by atoms with Crippen molar-refractivity contribution in [2.45, 2.75) is 39.2 Å². The number of amides is 1. The molecule has 1 aromatic carbocycles. The number of hydrogen-bond donors (Lipinski definition) is 1. The van der Waals surface area contributed by atoms with Gasteiger partial charge in [-0.25, -0.2) is 0 Å². The highest BCUT2D eigenvalue weighted by atomic mass is 35.5. The summed E-state index contributed by atoms with van der Waals surface area (Å²) in [4.78, 5) is 24.2. The first-order chi connectivity index (χ1) is 10.5. The van der Waals surface area contributed by atoms with Crippen LogP contribution >= 0.6 is 11.6 Å². The number of aryl methyl sites for hydroxylation is 1. The van der Waals surface area contributed by atoms with Crippen LogP contribution in [0.25, 0.3) is 0 Å². The molecule has 1 amide bonds. The molecule has 1 aromatic rings. The van der Waals surface area contributed by atoms with Crippen molar-refractivity contribution in [2.75, 3.05) is 5.32 Å². The van der Waals surface area contributed by atoms with Gasteiger partial charge in [0.2, 0.25) is 0 Å². The Bertz CT molecular complexity index is 598. The summed E-state index contributed by atoms with van der Waals surface area (Å²) in [6.45, 7) is 3.45. The van der Waals surface area contributed by atoms with Gasteiger partial charge in [-0.05, 0) is 50.8 Å². The van der Waals surface area contributed by atoms with E-state index in [0.717, 1.165) is 18.4 Å². The van der Waals surface area contributed by atoms with E-state index in [-0.39, 0.29) is 17.8 Å². The highest BCUT2D eigenvalue weighted by Gasteiger charge is 2.25. The second kappa shape index (κ2) is 7.45. The van der Waals surface area contributed by atoms with Crippen LogP contribution in [-0.4, -0.2) is 18.0 Å². The fraction of sp³-hybridized carbons (Fsp3) is 0.412. The molecule has 2 rings (SSSR count). The Morgan fingerprint density at radius 2 is 2.14 bits per heavy atom. The number of halogens is 1. The zero-order valence-electron chi connectivity index (χ0n) is 12.8. The minimum atomic E-state index is -0.836. The molecule has 1 aliphatic carbocycles. The Kier molecular flexibility index (Phi) is 5.61. The average molecular weight is 322 g/mol. The third-order valence-corrected chi connectivity index (χ3v) is 3.96. The lowest BCUT2D eigenvalue weighted by Gasteiger charge is -2.20. The van der Waals surface area contributed by atoms with Gasteiger partial charge in [0.05, 0.1) is 5.92 Å². The summed E-state index contributed by atoms with van der Waals surface area (Å²) in [5.41, 5.74) is 1.52. The van der Waals surface area contributed by atoms with Gasteiger partial charge in [-0.1, -0.05) is 29.8 Å². The SMILES string of the molecule is Cc1ccc(Cl)cc1NC(=O)[C@H](C)OC(=O)[C@@H]1CC=CCC1. The summed E-state index contributed by atoms with van der Waals surface area (Å²) in [5.74, 6) is -0.812. The summed E-state index contributed by atoms with van der Waals surface area (Å²) < 4.78 is 5.28. The maximum atomic E-state index is 12.1. The van der Waals surface area contributed by atoms with Crippen LogP contribution in [0.1, 0.15) is 31.7 Å². The minimum absolute atomic E-state index is 0.145. The molecule has 5 heteroatoms. The molecule has 0 saturated heterocycles. The molecule has 0 heterocycles. The summed E-state index contributed by atoms with van der Waals surface area (Å²) >= 11 is 5.92. The number of nitrogens with one attached hydrogen (secondary N) is 1. The molecule has 0 spiro atoms. The maximum Gasteiger partial charge on any atom is 0.310 e. The fourth-order valence-corrected chi connectivity index (χ4v) is 2.47. The van der Waals surface area contributed by atoms with Crippen molar-refractivity contribution in [1.82, 2.24) is 0 Å². The molecule has 0 fully saturated rings. The van der Waals surface area contributed by atoms with Gasteiger partial charge in [-0.15, -0.1) is 0 Å². The molecule has 0 saturated carbocycles. The second-order valence-corrected chi connectivity index (χ2v) is 5.95. The lowest BCUT2D eigenvalue weighted by atomic mass is 9.95. The summed E-state index contributed by atoms with van der Waals surface area (Å²) in [5, 5.41) is 3.29. The van der Waals surface area contributed by atoms with Crippen LogP contribution in [0.5, 0.6) is 0 Å². The van der Waals surface area contributed by atoms with Crippen molar-refractivity contribution < 1.29 is 14.3 Å². The number of hydrogen-bond acceptors (Lipinski definition) is 3. The molecule has 22 heavy (non-hydrogen) atoms. The van der Waals surface area contributed by atoms with E-state index in [1.165, 1.54) is 0 Å². The standard InChI is InChI=1S/C17H20ClNO3/c1-11-8-9-14(18)10-15(11)19-16(20)12(2)22-17(21)13-6-4-3-5-7-13/h3-4,8-10,12-13H,5-7H2,1-2H3,(H,19,20)/t12-,13+/m0/s1. The lowest BCUT2D eigenvalue weighted by molar-refractivity contribution is -0.157. The molecule has 1 N–H and O–H groups in total. The van der Waals surface area contributed by atoms with E-state index in [1.807, 2.05) is 19.1 Å². The quantitative estimate of drug-likeness (QED) is 0.676. The van der Waals surface area contributed by atoms with Crippen LogP contribution in [0.4, 0.5) is 5.69 Å². The molecule has 0 aromatic heterocycles. The van der Waals surface area contributed by atoms with Crippen LogP contribution < -0.4 is 5.32 Å². The van der Waals surface area contributed by atoms with Crippen molar-refractivity contribution in [3.8, 4) is 0 Å². The van der Waals surface area contributed by atoms with E-state index in [2.05, 4.69) is 11.4 Å². The Morgan fingerprint density at radius 1 is 1.36 bits per heavy atom. The zero-order valence-corrected chi connectivity index (χ0v) is 13.5. The molecule has 1 aliphatic rings. The molecular formula is C17H20ClNO3. The molecule has 2 atom stereocenters. The van der Waals surface area contributed by atoms with E-state index in [4.69, 9.17) is 16.3 Å². The minimum Gasteiger partial charge on any atom is -0.452 e. The van der Waals surface area contributed by atoms with Crippen LogP contribution in [0.3, 0.4) is 0 Å². The summed E-state index contributed by atoms with van der Waals surface area (Å²) in [7, 11) is 0. The molecule has 0 bridgehead atoms. The van der Waals surface area contributed by atoms with Gasteiger partial charge in [-0.2, -0.15) is 0 Å². The van der Waals surface area contributed by atoms with Crippen LogP contribution in [-0.2, 0) is 14.3 Å². The molecule has 0 aliphatic heterocycles. The van der Waals surface area contributed by atoms with Gasteiger partial charge in [0.1, 0.15) is 0 Å². The van der Waals surface area contributed by atoms with Gasteiger partial charge >= 0.3 is 5.97 Å². The Morgan fingerprint density at radius 3 is 2.82 bits per heavy atom. The number of rotatable bonds is 4. The second-order valence-electron chi connectivity index (χ2n) is 5.51. The first-order valence-electron chi connectivity index (χ1n) is 7.40. The van der Waals surface area contributed by atoms with E-state index in [9.17, 15) is 9.59 Å². The van der Waals surface area contributed by atoms with E-state index < -0.39 is 6.10 Å². The third kappa shape index (κ3) is 4.34. The highest BCUT2D eigenvalue weighted by molar-refractivity contribution is 6.31. The smallest absolute Gasteiger partial charge is 0.310 e. The van der Waals surface area contributed by atoms with Gasteiger partial charge in [0.25, 0.3) is 5.91 Å². The Labute approximate surface area is 135 Å². The monoisotopic (exact) mass is 321 g/mol. The van der Waals surface area contributed by atoms with Crippen molar-refractivity contribution >= 4 is 29.2 Å². The molecular weight excluding hydrogens is 302 g/mol. The Hall–Kier alpha value is -1.81. The number of carbonyl (C=O) groups is 2. The van der Waals surface area contributed by atoms with Crippen molar-refractivity contribution in [3.63, 3.8) is 0 Å². The van der Waals surface area contributed by atoms with Gasteiger partial charge in [-0.3, -0.25) is 9.59 Å². The number of allylic oxidation sites excluding steroid dienone is 2. The molecule has 4 nitrogen and oxygen atoms in total. The van der Waals surface area contributed by atoms with Crippen LogP contribution in [0, 0.1) is 12.8 Å². The summed E-state index contributed by atoms with van der Waals surface area (Å²) in [6, 6.07) is 5.25. The van der Waals surface area contributed by atoms with Crippen LogP contribution in [0.15, 0.2) is 30.4 Å². The van der Waals surface area contributed by atoms with E-state index >= 15 is 0 Å². The molecule has 0 radical (unpaired) electrons. The number of anilines is 1. The number of esters is 1. The first-order valence-corrected chi connectivity index (χ1v) is 7.77. The maximum absolute atomic E-state index is 12.1. The van der Waals surface area contributed by atoms with Crippen molar-refractivity contribution in [1.29, 1.82) is 0 Å². The van der Waals surface area contributed by atoms with E-state index in [1.54, 1.807) is 19.1 Å². The van der Waals surface area contributed by atoms with Crippen molar-refractivity contribution in [3.05, 3.63) is 40.9 Å². The predicted octanol–water partition coefficient (Wildman–Crippen LogP) is 3.87. The third-order valence-electron chi connectivity index (χ3n) is 3.72. The zero-order chi connectivity index (χ0) is 16.1. The van der Waals surface area contributed by atoms with Crippen molar-refractivity contribution in [2.24, 2.45) is 5.92 Å². The van der Waals surface area contributed by atoms with Crippen LogP contribution in [0.2, 0.25) is 5.02 Å². The number of benzene rings is 1. The number of carbonyl (C=O) groups excluding carboxylic acids is 2. The average Bonchev–Trinajstić information content (AvgIpc) is 2.51. The van der Waals surface area contributed by atoms with Gasteiger partial charge < -0.3 is 10.1 Å². The highest BCUT2D eigenvalue weighted by Crippen LogP contribution is 2.22. The molecule has 0 unspecified atom stereocenters. The first kappa shape index (κ1) is 16.6. The van der Waals surface area contributed by atoms with Gasteiger partial charge in [0.15, 0.2) is 6.10 Å². The summed E-state index contributed by atoms with van der Waals surface area (Å²) in [6.07, 6.45) is 5.54. The topological polar surface area (TPSA) is 55.4 Å². The normalized spacial score (nSPS) is 18.6. The molecule has 118 valence electrons. The Balaban J connectivity index is 1.93. The predicted molar refractivity (Wildman–Crippen MR) is 86.9 cm³/mol. The van der Waals surface area contributed by atoms with E-state index in [0.29, 0.717) is 17.1 Å². The number of ether oxygens (including phenoxy) is 1. The lowest BCUT2D eigenvalue weighted by Crippen LogP contribution is -2.32. The van der Waals surface area contributed by atoms with Gasteiger partial charge in [0, 0.05) is 10.7 Å².